The lowest BCUT2D eigenvalue weighted by Gasteiger charge is -2.25. The third-order valence-electron chi connectivity index (χ3n) is 0.955. The summed E-state index contributed by atoms with van der Waals surface area (Å²) in [6, 6.07) is 0. The van der Waals surface area contributed by atoms with Crippen LogP contribution in [0.3, 0.4) is 0 Å². The SMILES string of the molecule is COCC(C)(C)N(Cl)Cl. The summed E-state index contributed by atoms with van der Waals surface area (Å²) in [6.07, 6.45) is 0. The third kappa shape index (κ3) is 3.26. The predicted molar refractivity (Wildman–Crippen MR) is 39.5 cm³/mol. The Morgan fingerprint density at radius 1 is 1.44 bits per heavy atom. The van der Waals surface area contributed by atoms with E-state index in [2.05, 4.69) is 0 Å². The van der Waals surface area contributed by atoms with Gasteiger partial charge in [0.05, 0.1) is 12.1 Å². The molecule has 0 N–H and O–H groups in total. The van der Waals surface area contributed by atoms with Crippen molar-refractivity contribution in [2.75, 3.05) is 13.7 Å². The number of hydrogen-bond acceptors (Lipinski definition) is 2. The molecule has 0 amide bonds. The van der Waals surface area contributed by atoms with Gasteiger partial charge in [0.1, 0.15) is 0 Å². The molecule has 0 radical (unpaired) electrons. The lowest BCUT2D eigenvalue weighted by atomic mass is 10.1. The minimum atomic E-state index is -0.308. The fourth-order valence-corrected chi connectivity index (χ4v) is 0.500. The second kappa shape index (κ2) is 3.62. The van der Waals surface area contributed by atoms with E-state index in [1.54, 1.807) is 7.11 Å². The van der Waals surface area contributed by atoms with Crippen LogP contribution in [0, 0.1) is 0 Å². The van der Waals surface area contributed by atoms with Gasteiger partial charge in [0.15, 0.2) is 0 Å². The van der Waals surface area contributed by atoms with Gasteiger partial charge in [-0.2, -0.15) is 0 Å². The van der Waals surface area contributed by atoms with Crippen LogP contribution in [-0.4, -0.2) is 23.2 Å². The van der Waals surface area contributed by atoms with Gasteiger partial charge >= 0.3 is 0 Å². The lowest BCUT2D eigenvalue weighted by molar-refractivity contribution is 0.115. The molecule has 0 spiro atoms. The molecule has 0 aromatic heterocycles. The summed E-state index contributed by atoms with van der Waals surface area (Å²) in [5.41, 5.74) is -0.308. The van der Waals surface area contributed by atoms with E-state index < -0.39 is 0 Å². The Morgan fingerprint density at radius 3 is 2.00 bits per heavy atom. The van der Waals surface area contributed by atoms with Crippen LogP contribution in [0.15, 0.2) is 0 Å². The molecule has 9 heavy (non-hydrogen) atoms. The number of ether oxygens (including phenoxy) is 1. The highest BCUT2D eigenvalue weighted by Gasteiger charge is 2.23. The quantitative estimate of drug-likeness (QED) is 0.604. The smallest absolute Gasteiger partial charge is 0.0702 e. The van der Waals surface area contributed by atoms with Crippen molar-refractivity contribution in [3.8, 4) is 0 Å². The van der Waals surface area contributed by atoms with E-state index in [-0.39, 0.29) is 5.54 Å². The molecule has 0 heterocycles. The Morgan fingerprint density at radius 2 is 1.89 bits per heavy atom. The van der Waals surface area contributed by atoms with Crippen molar-refractivity contribution in [1.82, 2.24) is 3.94 Å². The molecule has 0 rings (SSSR count). The van der Waals surface area contributed by atoms with Crippen LogP contribution in [0.25, 0.3) is 0 Å². The van der Waals surface area contributed by atoms with Gasteiger partial charge in [0.2, 0.25) is 0 Å². The van der Waals surface area contributed by atoms with Gasteiger partial charge < -0.3 is 4.74 Å². The predicted octanol–water partition coefficient (Wildman–Crippen LogP) is 2.02. The van der Waals surface area contributed by atoms with Crippen molar-refractivity contribution < 1.29 is 4.74 Å². The van der Waals surface area contributed by atoms with Crippen LogP contribution in [0.2, 0.25) is 0 Å². The van der Waals surface area contributed by atoms with E-state index in [0.717, 1.165) is 3.94 Å². The molecular weight excluding hydrogens is 161 g/mol. The maximum absolute atomic E-state index is 5.47. The fourth-order valence-electron chi connectivity index (χ4n) is 0.402. The molecule has 0 aromatic carbocycles. The maximum Gasteiger partial charge on any atom is 0.0702 e. The largest absolute Gasteiger partial charge is 0.383 e. The van der Waals surface area contributed by atoms with Gasteiger partial charge in [-0.15, -0.1) is 3.94 Å². The second-order valence-electron chi connectivity index (χ2n) is 2.48. The van der Waals surface area contributed by atoms with Crippen LogP contribution < -0.4 is 0 Å². The standard InChI is InChI=1S/C5H11Cl2NO/c1-5(2,4-9-3)8(6)7/h4H2,1-3H3. The summed E-state index contributed by atoms with van der Waals surface area (Å²) < 4.78 is 5.95. The molecule has 4 heteroatoms. The first-order valence-corrected chi connectivity index (χ1v) is 3.29. The van der Waals surface area contributed by atoms with Crippen molar-refractivity contribution in [1.29, 1.82) is 0 Å². The van der Waals surface area contributed by atoms with Gasteiger partial charge in [-0.05, 0) is 37.4 Å². The second-order valence-corrected chi connectivity index (χ2v) is 3.33. The average molecular weight is 172 g/mol. The van der Waals surface area contributed by atoms with Crippen LogP contribution in [0.4, 0.5) is 0 Å². The molecule has 0 bridgehead atoms. The number of nitrogens with zero attached hydrogens (tertiary/aromatic N) is 1. The van der Waals surface area contributed by atoms with Gasteiger partial charge in [-0.3, -0.25) is 0 Å². The highest BCUT2D eigenvalue weighted by Crippen LogP contribution is 2.19. The molecule has 0 aliphatic heterocycles. The van der Waals surface area contributed by atoms with E-state index >= 15 is 0 Å². The average Bonchev–Trinajstić information content (AvgIpc) is 1.65. The van der Waals surface area contributed by atoms with E-state index in [0.29, 0.717) is 6.61 Å². The minimum Gasteiger partial charge on any atom is -0.383 e. The molecular formula is C5H11Cl2NO. The molecule has 0 aliphatic rings. The van der Waals surface area contributed by atoms with Crippen LogP contribution in [0.1, 0.15) is 13.8 Å². The molecule has 0 atom stereocenters. The van der Waals surface area contributed by atoms with Crippen molar-refractivity contribution >= 4 is 23.6 Å². The minimum absolute atomic E-state index is 0.308. The topological polar surface area (TPSA) is 12.5 Å². The van der Waals surface area contributed by atoms with Crippen molar-refractivity contribution in [3.05, 3.63) is 0 Å². The normalized spacial score (nSPS) is 12.7. The summed E-state index contributed by atoms with van der Waals surface area (Å²) in [6.45, 7) is 4.28. The van der Waals surface area contributed by atoms with Crippen LogP contribution in [-0.2, 0) is 4.74 Å². The monoisotopic (exact) mass is 171 g/mol. The van der Waals surface area contributed by atoms with Crippen LogP contribution >= 0.6 is 23.6 Å². The fraction of sp³-hybridized carbons (Fsp3) is 1.00. The van der Waals surface area contributed by atoms with Gasteiger partial charge in [0, 0.05) is 7.11 Å². The summed E-state index contributed by atoms with van der Waals surface area (Å²) in [5, 5.41) is 0. The molecule has 56 valence electrons. The van der Waals surface area contributed by atoms with E-state index in [1.165, 1.54) is 0 Å². The highest BCUT2D eigenvalue weighted by molar-refractivity contribution is 6.34. The number of hydrogen-bond donors (Lipinski definition) is 0. The number of methoxy groups -OCH3 is 1. The summed E-state index contributed by atoms with van der Waals surface area (Å²) in [4.78, 5) is 0. The molecule has 0 aliphatic carbocycles. The Balaban J connectivity index is 3.70. The van der Waals surface area contributed by atoms with Crippen LogP contribution in [0.5, 0.6) is 0 Å². The first kappa shape index (κ1) is 9.50. The molecule has 0 unspecified atom stereocenters. The first-order chi connectivity index (χ1) is 4.00. The number of rotatable bonds is 3. The molecule has 0 fully saturated rings. The Kier molecular flexibility index (Phi) is 3.82. The van der Waals surface area contributed by atoms with Crippen molar-refractivity contribution in [2.24, 2.45) is 0 Å². The molecule has 0 aromatic rings. The number of halogens is 2. The van der Waals surface area contributed by atoms with Crippen molar-refractivity contribution in [2.45, 2.75) is 19.4 Å². The molecule has 2 nitrogen and oxygen atoms in total. The van der Waals surface area contributed by atoms with E-state index in [4.69, 9.17) is 28.3 Å². The zero-order valence-electron chi connectivity index (χ0n) is 5.82. The summed E-state index contributed by atoms with van der Waals surface area (Å²) in [5.74, 6) is 0. The Labute approximate surface area is 65.9 Å². The van der Waals surface area contributed by atoms with Crippen molar-refractivity contribution in [3.63, 3.8) is 0 Å². The van der Waals surface area contributed by atoms with E-state index in [9.17, 15) is 0 Å². The summed E-state index contributed by atoms with van der Waals surface area (Å²) >= 11 is 10.9. The van der Waals surface area contributed by atoms with Gasteiger partial charge in [-0.25, -0.2) is 0 Å². The zero-order valence-corrected chi connectivity index (χ0v) is 7.33. The zero-order chi connectivity index (χ0) is 7.49. The Bertz CT molecular complexity index is 85.0. The maximum atomic E-state index is 5.47. The lowest BCUT2D eigenvalue weighted by Crippen LogP contribution is -2.35. The Hall–Kier alpha value is 0.500. The van der Waals surface area contributed by atoms with E-state index in [1.807, 2.05) is 13.8 Å². The summed E-state index contributed by atoms with van der Waals surface area (Å²) in [7, 11) is 1.61. The van der Waals surface area contributed by atoms with Gasteiger partial charge in [0.25, 0.3) is 0 Å². The first-order valence-electron chi connectivity index (χ1n) is 2.61. The van der Waals surface area contributed by atoms with Gasteiger partial charge in [-0.1, -0.05) is 0 Å². The third-order valence-corrected chi connectivity index (χ3v) is 1.87. The molecule has 0 saturated carbocycles. The molecule has 0 saturated heterocycles. The highest BCUT2D eigenvalue weighted by atomic mass is 35.5.